The molecule has 0 spiro atoms. The average Bonchev–Trinajstić information content (AvgIpc) is 2.51. The van der Waals surface area contributed by atoms with Crippen LogP contribution in [0.1, 0.15) is 9.67 Å². The van der Waals surface area contributed by atoms with Crippen LogP contribution < -0.4 is 0 Å². The lowest BCUT2D eigenvalue weighted by Gasteiger charge is -1.85. The summed E-state index contributed by atoms with van der Waals surface area (Å²) in [6.07, 6.45) is 0. The van der Waals surface area contributed by atoms with Crippen molar-refractivity contribution in [3.05, 3.63) is 27.1 Å². The second-order valence-corrected chi connectivity index (χ2v) is 3.28. The molecule has 0 saturated carbocycles. The monoisotopic (exact) mass is 205 g/mol. The molecule has 0 saturated heterocycles. The maximum absolute atomic E-state index is 10.9. The Morgan fingerprint density at radius 2 is 2.33 bits per heavy atom. The fourth-order valence-corrected chi connectivity index (χ4v) is 1.62. The molecule has 1 aromatic rings. The fraction of sp³-hybridized carbons (Fsp3) is 0.167. The van der Waals surface area contributed by atoms with Crippen LogP contribution in [0, 0.1) is 10.1 Å². The van der Waals surface area contributed by atoms with Gasteiger partial charge in [0.2, 0.25) is 0 Å². The lowest BCUT2D eigenvalue weighted by atomic mass is 10.3. The van der Waals surface area contributed by atoms with Crippen molar-refractivity contribution >= 4 is 33.7 Å². The molecule has 0 unspecified atom stereocenters. The molecule has 64 valence electrons. The van der Waals surface area contributed by atoms with Gasteiger partial charge in [0, 0.05) is 6.07 Å². The van der Waals surface area contributed by atoms with Crippen molar-refractivity contribution in [2.45, 2.75) is 0 Å². The number of hydrogen-bond donors (Lipinski definition) is 0. The molecule has 0 radical (unpaired) electrons. The molecule has 0 aromatic carbocycles. The minimum Gasteiger partial charge on any atom is -0.292 e. The van der Waals surface area contributed by atoms with E-state index in [0.29, 0.717) is 4.88 Å². The van der Waals surface area contributed by atoms with E-state index in [2.05, 4.69) is 0 Å². The summed E-state index contributed by atoms with van der Waals surface area (Å²) in [6.45, 7) is 0. The summed E-state index contributed by atoms with van der Waals surface area (Å²) in [7, 11) is 0. The first-order chi connectivity index (χ1) is 5.65. The molecular formula is C6H4ClNO3S. The Morgan fingerprint density at radius 3 is 2.75 bits per heavy atom. The number of rotatable bonds is 3. The van der Waals surface area contributed by atoms with E-state index < -0.39 is 4.92 Å². The first-order valence-electron chi connectivity index (χ1n) is 2.98. The predicted molar refractivity (Wildman–Crippen MR) is 46.0 cm³/mol. The highest BCUT2D eigenvalue weighted by molar-refractivity contribution is 7.17. The van der Waals surface area contributed by atoms with Gasteiger partial charge in [-0.05, 0) is 6.07 Å². The Bertz CT molecular complexity index is 322. The van der Waals surface area contributed by atoms with Gasteiger partial charge in [-0.15, -0.1) is 11.6 Å². The van der Waals surface area contributed by atoms with E-state index in [1.807, 2.05) is 0 Å². The van der Waals surface area contributed by atoms with Crippen LogP contribution >= 0.6 is 22.9 Å². The van der Waals surface area contributed by atoms with Crippen LogP contribution in [-0.2, 0) is 0 Å². The number of Topliss-reactive ketones (excluding diaryl/α,β-unsaturated/α-hetero) is 1. The van der Waals surface area contributed by atoms with Gasteiger partial charge in [0.05, 0.1) is 15.7 Å². The minimum absolute atomic E-state index is 0.0385. The summed E-state index contributed by atoms with van der Waals surface area (Å²) in [5.41, 5.74) is 0. The first-order valence-corrected chi connectivity index (χ1v) is 4.33. The molecular weight excluding hydrogens is 202 g/mol. The maximum Gasteiger partial charge on any atom is 0.324 e. The highest BCUT2D eigenvalue weighted by atomic mass is 35.5. The number of carbonyl (C=O) groups excluding carboxylic acids is 1. The van der Waals surface area contributed by atoms with Crippen molar-refractivity contribution in [3.63, 3.8) is 0 Å². The molecule has 0 atom stereocenters. The third kappa shape index (κ3) is 1.80. The Labute approximate surface area is 76.9 Å². The Hall–Kier alpha value is -0.940. The highest BCUT2D eigenvalue weighted by Gasteiger charge is 2.13. The van der Waals surface area contributed by atoms with Gasteiger partial charge < -0.3 is 0 Å². The number of hydrogen-bond acceptors (Lipinski definition) is 4. The second kappa shape index (κ2) is 3.64. The van der Waals surface area contributed by atoms with E-state index in [1.54, 1.807) is 0 Å². The summed E-state index contributed by atoms with van der Waals surface area (Å²) >= 11 is 6.10. The molecule has 1 aromatic heterocycles. The summed E-state index contributed by atoms with van der Waals surface area (Å²) in [6, 6.07) is 2.71. The molecule has 6 heteroatoms. The quantitative estimate of drug-likeness (QED) is 0.329. The number of thiophene rings is 1. The van der Waals surface area contributed by atoms with Gasteiger partial charge in [-0.1, -0.05) is 11.3 Å². The van der Waals surface area contributed by atoms with Gasteiger partial charge in [0.25, 0.3) is 0 Å². The molecule has 0 bridgehead atoms. The fourth-order valence-electron chi connectivity index (χ4n) is 0.642. The second-order valence-electron chi connectivity index (χ2n) is 1.95. The van der Waals surface area contributed by atoms with Crippen LogP contribution in [0.5, 0.6) is 0 Å². The molecule has 0 N–H and O–H groups in total. The van der Waals surface area contributed by atoms with E-state index >= 15 is 0 Å². The standard InChI is InChI=1S/C6H4ClNO3S/c7-3-4(9)5-1-2-6(12-5)8(10)11/h1-2H,3H2. The van der Waals surface area contributed by atoms with Crippen LogP contribution in [0.3, 0.4) is 0 Å². The molecule has 0 aliphatic rings. The third-order valence-electron chi connectivity index (χ3n) is 1.17. The summed E-state index contributed by atoms with van der Waals surface area (Å²) in [5.74, 6) is -0.424. The highest BCUT2D eigenvalue weighted by Crippen LogP contribution is 2.24. The van der Waals surface area contributed by atoms with Crippen LogP contribution in [0.4, 0.5) is 5.00 Å². The number of halogens is 1. The zero-order valence-electron chi connectivity index (χ0n) is 5.82. The topological polar surface area (TPSA) is 60.2 Å². The van der Waals surface area contributed by atoms with Gasteiger partial charge >= 0.3 is 5.00 Å². The zero-order chi connectivity index (χ0) is 9.14. The van der Waals surface area contributed by atoms with Gasteiger partial charge in [-0.3, -0.25) is 14.9 Å². The van der Waals surface area contributed by atoms with Crippen molar-refractivity contribution in [2.75, 3.05) is 5.88 Å². The lowest BCUT2D eigenvalue weighted by Crippen LogP contribution is -1.95. The van der Waals surface area contributed by atoms with Crippen molar-refractivity contribution in [2.24, 2.45) is 0 Å². The SMILES string of the molecule is O=C(CCl)c1ccc([N+](=O)[O-])s1. The molecule has 0 amide bonds. The molecule has 12 heavy (non-hydrogen) atoms. The van der Waals surface area contributed by atoms with Gasteiger partial charge in [0.1, 0.15) is 0 Å². The van der Waals surface area contributed by atoms with Gasteiger partial charge in [-0.2, -0.15) is 0 Å². The average molecular weight is 206 g/mol. The van der Waals surface area contributed by atoms with Crippen molar-refractivity contribution < 1.29 is 9.72 Å². The molecule has 0 aliphatic carbocycles. The zero-order valence-corrected chi connectivity index (χ0v) is 7.39. The predicted octanol–water partition coefficient (Wildman–Crippen LogP) is 2.08. The smallest absolute Gasteiger partial charge is 0.292 e. The molecule has 1 heterocycles. The van der Waals surface area contributed by atoms with E-state index in [-0.39, 0.29) is 16.7 Å². The number of ketones is 1. The van der Waals surface area contributed by atoms with Gasteiger partial charge in [-0.25, -0.2) is 0 Å². The van der Waals surface area contributed by atoms with Crippen molar-refractivity contribution in [1.29, 1.82) is 0 Å². The summed E-state index contributed by atoms with van der Waals surface area (Å²) < 4.78 is 0. The number of nitro groups is 1. The molecule has 4 nitrogen and oxygen atoms in total. The van der Waals surface area contributed by atoms with E-state index in [9.17, 15) is 14.9 Å². The normalized spacial score (nSPS) is 9.75. The van der Waals surface area contributed by atoms with Crippen LogP contribution in [0.25, 0.3) is 0 Å². The minimum atomic E-state index is -0.532. The van der Waals surface area contributed by atoms with Crippen LogP contribution in [-0.4, -0.2) is 16.6 Å². The van der Waals surface area contributed by atoms with Crippen molar-refractivity contribution in [1.82, 2.24) is 0 Å². The van der Waals surface area contributed by atoms with Crippen molar-refractivity contribution in [3.8, 4) is 0 Å². The molecule has 0 fully saturated rings. The maximum atomic E-state index is 10.9. The number of alkyl halides is 1. The Kier molecular flexibility index (Phi) is 2.78. The van der Waals surface area contributed by atoms with Crippen LogP contribution in [0.2, 0.25) is 0 Å². The first kappa shape index (κ1) is 9.15. The number of nitrogens with zero attached hydrogens (tertiary/aromatic N) is 1. The Morgan fingerprint density at radius 1 is 1.67 bits per heavy atom. The lowest BCUT2D eigenvalue weighted by molar-refractivity contribution is -0.380. The van der Waals surface area contributed by atoms with E-state index in [0.717, 1.165) is 11.3 Å². The number of carbonyl (C=O) groups is 1. The van der Waals surface area contributed by atoms with E-state index in [1.165, 1.54) is 12.1 Å². The van der Waals surface area contributed by atoms with E-state index in [4.69, 9.17) is 11.6 Å². The summed E-state index contributed by atoms with van der Waals surface area (Å²) in [5, 5.41) is 10.2. The largest absolute Gasteiger partial charge is 0.324 e. The third-order valence-corrected chi connectivity index (χ3v) is 2.49. The summed E-state index contributed by atoms with van der Waals surface area (Å²) in [4.78, 5) is 20.9. The van der Waals surface area contributed by atoms with Gasteiger partial charge in [0.15, 0.2) is 5.78 Å². The molecule has 0 aliphatic heterocycles. The Balaban J connectivity index is 2.91. The van der Waals surface area contributed by atoms with Crippen LogP contribution in [0.15, 0.2) is 12.1 Å². The molecule has 1 rings (SSSR count).